The molecule has 0 aliphatic carbocycles. The molecule has 1 aromatic carbocycles. The van der Waals surface area contributed by atoms with Gasteiger partial charge >= 0.3 is 0 Å². The highest BCUT2D eigenvalue weighted by atomic mass is 16.6. The topological polar surface area (TPSA) is 69.8 Å². The third kappa shape index (κ3) is 8.84. The lowest BCUT2D eigenvalue weighted by Crippen LogP contribution is -2.23. The molecule has 0 atom stereocenters. The van der Waals surface area contributed by atoms with Gasteiger partial charge in [-0.25, -0.2) is 0 Å². The predicted octanol–water partition coefficient (Wildman–Crippen LogP) is 4.65. The number of nitro benzene ring substituents is 1. The highest BCUT2D eigenvalue weighted by Gasteiger charge is 2.18. The Morgan fingerprint density at radius 2 is 1.40 bits per heavy atom. The quantitative estimate of drug-likeness (QED) is 0.543. The van der Waals surface area contributed by atoms with Crippen LogP contribution in [0.4, 0.5) is 5.69 Å². The zero-order valence-electron chi connectivity index (χ0n) is 17.3. The number of benzene rings is 1. The average Bonchev–Trinajstić information content (AvgIpc) is 2.65. The van der Waals surface area contributed by atoms with Gasteiger partial charge in [0, 0.05) is 36.3 Å². The van der Waals surface area contributed by atoms with Crippen molar-refractivity contribution in [3.63, 3.8) is 0 Å². The lowest BCUT2D eigenvalue weighted by Gasteiger charge is -2.21. The molecule has 0 radical (unpaired) electrons. The number of phenolic OH excluding ortho intramolecular Hbond substituents is 1. The van der Waals surface area contributed by atoms with E-state index >= 15 is 0 Å². The monoisotopic (exact) mass is 355 g/mol. The van der Waals surface area contributed by atoms with Crippen LogP contribution in [0.1, 0.15) is 59.6 Å². The van der Waals surface area contributed by atoms with E-state index in [0.717, 1.165) is 19.6 Å². The molecular formula is C19H37N3O3. The van der Waals surface area contributed by atoms with Crippen LogP contribution in [-0.4, -0.2) is 46.5 Å². The van der Waals surface area contributed by atoms with Crippen LogP contribution in [-0.2, 0) is 13.1 Å². The lowest BCUT2D eigenvalue weighted by molar-refractivity contribution is -0.385. The van der Waals surface area contributed by atoms with Crippen molar-refractivity contribution >= 4 is 5.69 Å². The molecule has 0 bridgehead atoms. The molecule has 0 fully saturated rings. The first kappa shape index (κ1) is 25.6. The summed E-state index contributed by atoms with van der Waals surface area (Å²) in [6, 6.07) is 2.94. The molecule has 0 aliphatic heterocycles. The van der Waals surface area contributed by atoms with Gasteiger partial charge in [0.05, 0.1) is 4.92 Å². The minimum absolute atomic E-state index is 0.0365. The van der Waals surface area contributed by atoms with E-state index in [1.54, 1.807) is 0 Å². The number of non-ortho nitro benzene ring substituents is 1. The van der Waals surface area contributed by atoms with Crippen molar-refractivity contribution in [2.24, 2.45) is 0 Å². The van der Waals surface area contributed by atoms with Crippen LogP contribution in [0.5, 0.6) is 5.75 Å². The summed E-state index contributed by atoms with van der Waals surface area (Å²) in [6.45, 7) is 17.6. The second-order valence-electron chi connectivity index (χ2n) is 5.16. The number of hydrogen-bond acceptors (Lipinski definition) is 5. The Morgan fingerprint density at radius 3 is 1.76 bits per heavy atom. The molecule has 146 valence electrons. The molecule has 0 amide bonds. The summed E-state index contributed by atoms with van der Waals surface area (Å²) >= 11 is 0. The maximum Gasteiger partial charge on any atom is 0.270 e. The fourth-order valence-electron chi connectivity index (χ4n) is 2.18. The normalized spacial score (nSPS) is 10.0. The van der Waals surface area contributed by atoms with Gasteiger partial charge in [-0.05, 0) is 26.7 Å². The van der Waals surface area contributed by atoms with Crippen LogP contribution in [0.15, 0.2) is 12.1 Å². The van der Waals surface area contributed by atoms with Crippen molar-refractivity contribution in [3.8, 4) is 5.75 Å². The van der Waals surface area contributed by atoms with Crippen molar-refractivity contribution < 1.29 is 10.0 Å². The SMILES string of the molecule is CC.CC.CCN(C)Cc1cc([N+](=O)[O-])cc(CN(CC)CC)c1O. The molecule has 6 nitrogen and oxygen atoms in total. The minimum atomic E-state index is -0.402. The predicted molar refractivity (Wildman–Crippen MR) is 106 cm³/mol. The van der Waals surface area contributed by atoms with Gasteiger partial charge in [-0.15, -0.1) is 0 Å². The average molecular weight is 356 g/mol. The van der Waals surface area contributed by atoms with E-state index in [-0.39, 0.29) is 11.4 Å². The lowest BCUT2D eigenvalue weighted by atomic mass is 10.1. The zero-order chi connectivity index (χ0) is 20.0. The Bertz CT molecular complexity index is 489. The van der Waals surface area contributed by atoms with E-state index in [1.165, 1.54) is 12.1 Å². The van der Waals surface area contributed by atoms with Gasteiger partial charge in [-0.2, -0.15) is 0 Å². The molecule has 1 aromatic rings. The van der Waals surface area contributed by atoms with Crippen LogP contribution < -0.4 is 0 Å². The summed E-state index contributed by atoms with van der Waals surface area (Å²) in [5, 5.41) is 21.5. The summed E-state index contributed by atoms with van der Waals surface area (Å²) in [4.78, 5) is 14.8. The van der Waals surface area contributed by atoms with Gasteiger partial charge in [0.25, 0.3) is 5.69 Å². The van der Waals surface area contributed by atoms with Crippen LogP contribution in [0.25, 0.3) is 0 Å². The summed E-state index contributed by atoms with van der Waals surface area (Å²) in [7, 11) is 1.92. The van der Waals surface area contributed by atoms with E-state index in [1.807, 2.05) is 60.4 Å². The number of aromatic hydroxyl groups is 1. The van der Waals surface area contributed by atoms with Crippen LogP contribution in [0.2, 0.25) is 0 Å². The van der Waals surface area contributed by atoms with Crippen molar-refractivity contribution in [2.45, 2.75) is 61.6 Å². The highest BCUT2D eigenvalue weighted by molar-refractivity contribution is 5.49. The molecule has 0 heterocycles. The first-order valence-corrected chi connectivity index (χ1v) is 9.32. The van der Waals surface area contributed by atoms with E-state index in [9.17, 15) is 15.2 Å². The molecule has 0 spiro atoms. The first-order valence-electron chi connectivity index (χ1n) is 9.32. The minimum Gasteiger partial charge on any atom is -0.507 e. The van der Waals surface area contributed by atoms with Crippen LogP contribution in [0.3, 0.4) is 0 Å². The van der Waals surface area contributed by atoms with E-state index in [0.29, 0.717) is 24.2 Å². The van der Waals surface area contributed by atoms with Crippen LogP contribution >= 0.6 is 0 Å². The molecule has 0 aromatic heterocycles. The standard InChI is InChI=1S/C15H25N3O3.2C2H6/c1-5-16(4)10-12-8-14(18(20)21)9-13(15(12)19)11-17(6-2)7-3;2*1-2/h8-9,19H,5-7,10-11H2,1-4H3;2*1-2H3. The fraction of sp³-hybridized carbons (Fsp3) is 0.684. The van der Waals surface area contributed by atoms with Gasteiger partial charge in [-0.3, -0.25) is 15.0 Å². The third-order valence-corrected chi connectivity index (χ3v) is 3.73. The zero-order valence-corrected chi connectivity index (χ0v) is 17.3. The van der Waals surface area contributed by atoms with Crippen LogP contribution in [0, 0.1) is 10.1 Å². The summed E-state index contributed by atoms with van der Waals surface area (Å²) in [5.41, 5.74) is 1.26. The first-order chi connectivity index (χ1) is 11.9. The van der Waals surface area contributed by atoms with E-state index in [4.69, 9.17) is 0 Å². The number of phenols is 1. The van der Waals surface area contributed by atoms with Crippen molar-refractivity contribution in [3.05, 3.63) is 33.4 Å². The molecule has 0 unspecified atom stereocenters. The maximum absolute atomic E-state index is 11.1. The van der Waals surface area contributed by atoms with E-state index < -0.39 is 4.92 Å². The maximum atomic E-state index is 11.1. The van der Waals surface area contributed by atoms with Crippen molar-refractivity contribution in [1.29, 1.82) is 0 Å². The Labute approximate surface area is 153 Å². The second-order valence-corrected chi connectivity index (χ2v) is 5.16. The van der Waals surface area contributed by atoms with E-state index in [2.05, 4.69) is 4.90 Å². The van der Waals surface area contributed by atoms with Crippen molar-refractivity contribution in [1.82, 2.24) is 9.80 Å². The molecular weight excluding hydrogens is 318 g/mol. The van der Waals surface area contributed by atoms with Gasteiger partial charge < -0.3 is 10.0 Å². The summed E-state index contributed by atoms with van der Waals surface area (Å²) < 4.78 is 0. The van der Waals surface area contributed by atoms with Gasteiger partial charge in [-0.1, -0.05) is 48.5 Å². The second kappa shape index (κ2) is 14.7. The Kier molecular flexibility index (Phi) is 15.0. The molecule has 0 aliphatic rings. The Morgan fingerprint density at radius 1 is 0.960 bits per heavy atom. The fourth-order valence-corrected chi connectivity index (χ4v) is 2.18. The summed E-state index contributed by atoms with van der Waals surface area (Å²) in [5.74, 6) is 0.174. The molecule has 1 N–H and O–H groups in total. The number of hydrogen-bond donors (Lipinski definition) is 1. The van der Waals surface area contributed by atoms with Gasteiger partial charge in [0.2, 0.25) is 0 Å². The Hall–Kier alpha value is -1.66. The molecule has 0 saturated heterocycles. The van der Waals surface area contributed by atoms with Gasteiger partial charge in [0.15, 0.2) is 0 Å². The molecule has 1 rings (SSSR count). The third-order valence-electron chi connectivity index (χ3n) is 3.73. The molecule has 0 saturated carbocycles. The number of nitrogens with zero attached hydrogens (tertiary/aromatic N) is 3. The summed E-state index contributed by atoms with van der Waals surface area (Å²) in [6.07, 6.45) is 0. The molecule has 25 heavy (non-hydrogen) atoms. The molecule has 6 heteroatoms. The highest BCUT2D eigenvalue weighted by Crippen LogP contribution is 2.30. The largest absolute Gasteiger partial charge is 0.507 e. The van der Waals surface area contributed by atoms with Crippen molar-refractivity contribution in [2.75, 3.05) is 26.7 Å². The number of rotatable bonds is 8. The smallest absolute Gasteiger partial charge is 0.270 e. The Balaban J connectivity index is 0. The number of nitro groups is 1. The van der Waals surface area contributed by atoms with Gasteiger partial charge in [0.1, 0.15) is 5.75 Å².